The number of halogens is 2. The minimum Gasteiger partial charge on any atom is -0.491 e. The van der Waals surface area contributed by atoms with Gasteiger partial charge in [-0.05, 0) is 30.7 Å². The van der Waals surface area contributed by atoms with Crippen molar-refractivity contribution < 1.29 is 8.95 Å². The fourth-order valence-corrected chi connectivity index (χ4v) is 3.86. The number of nitrogen functional groups attached to an aromatic ring is 1. The Bertz CT molecular complexity index is 629. The lowest BCUT2D eigenvalue weighted by Crippen LogP contribution is -2.06. The Morgan fingerprint density at radius 3 is 2.38 bits per heavy atom. The third-order valence-corrected chi connectivity index (χ3v) is 5.21. The number of rotatable bonds is 6. The van der Waals surface area contributed by atoms with Crippen molar-refractivity contribution >= 4 is 39.7 Å². The van der Waals surface area contributed by atoms with Gasteiger partial charge in [-0.1, -0.05) is 41.4 Å². The van der Waals surface area contributed by atoms with E-state index in [9.17, 15) is 4.21 Å². The van der Waals surface area contributed by atoms with Gasteiger partial charge in [0, 0.05) is 5.75 Å². The highest BCUT2D eigenvalue weighted by Gasteiger charge is 2.12. The van der Waals surface area contributed by atoms with Crippen LogP contribution >= 0.6 is 23.2 Å². The van der Waals surface area contributed by atoms with E-state index in [4.69, 9.17) is 33.7 Å². The van der Waals surface area contributed by atoms with Gasteiger partial charge in [-0.3, -0.25) is 4.21 Å². The first-order valence-corrected chi connectivity index (χ1v) is 8.47. The van der Waals surface area contributed by atoms with E-state index in [-0.39, 0.29) is 0 Å². The molecule has 2 aromatic carbocycles. The zero-order valence-corrected chi connectivity index (χ0v) is 13.5. The summed E-state index contributed by atoms with van der Waals surface area (Å²) in [5.74, 6) is 1.06. The summed E-state index contributed by atoms with van der Waals surface area (Å²) in [5.41, 5.74) is 6.36. The van der Waals surface area contributed by atoms with Crippen LogP contribution in [0.3, 0.4) is 0 Å². The summed E-state index contributed by atoms with van der Waals surface area (Å²) in [7, 11) is -1.24. The largest absolute Gasteiger partial charge is 0.491 e. The van der Waals surface area contributed by atoms with Crippen molar-refractivity contribution in [2.45, 2.75) is 11.3 Å². The van der Waals surface area contributed by atoms with Crippen LogP contribution < -0.4 is 10.5 Å². The molecule has 2 aromatic rings. The maximum Gasteiger partial charge on any atom is 0.142 e. The molecule has 0 amide bonds. The van der Waals surface area contributed by atoms with Crippen LogP contribution in [0.4, 0.5) is 5.69 Å². The number of para-hydroxylation sites is 2. The van der Waals surface area contributed by atoms with E-state index < -0.39 is 10.8 Å². The van der Waals surface area contributed by atoms with Crippen LogP contribution in [0.15, 0.2) is 47.4 Å². The first-order valence-electron chi connectivity index (χ1n) is 6.39. The van der Waals surface area contributed by atoms with Gasteiger partial charge in [0.25, 0.3) is 0 Å². The van der Waals surface area contributed by atoms with Gasteiger partial charge in [-0.15, -0.1) is 0 Å². The third kappa shape index (κ3) is 4.37. The molecule has 21 heavy (non-hydrogen) atoms. The number of nitrogens with two attached hydrogens (primary N) is 1. The lowest BCUT2D eigenvalue weighted by molar-refractivity contribution is 0.320. The van der Waals surface area contributed by atoms with Gasteiger partial charge >= 0.3 is 0 Å². The van der Waals surface area contributed by atoms with Gasteiger partial charge in [-0.25, -0.2) is 0 Å². The standard InChI is InChI=1S/C15H15Cl2NO2S/c16-11-5-3-6-12(17)15(11)21(19)10-4-9-20-14-8-2-1-7-13(14)18/h1-3,5-8H,4,9-10,18H2. The fraction of sp³-hybridized carbons (Fsp3) is 0.200. The lowest BCUT2D eigenvalue weighted by Gasteiger charge is -2.09. The van der Waals surface area contributed by atoms with Crippen LogP contribution in [0.25, 0.3) is 0 Å². The molecule has 0 spiro atoms. The normalized spacial score (nSPS) is 12.1. The highest BCUT2D eigenvalue weighted by atomic mass is 35.5. The van der Waals surface area contributed by atoms with Gasteiger partial charge in [0.1, 0.15) is 5.75 Å². The molecule has 0 aliphatic heterocycles. The van der Waals surface area contributed by atoms with Gasteiger partial charge < -0.3 is 10.5 Å². The predicted molar refractivity (Wildman–Crippen MR) is 88.7 cm³/mol. The Labute approximate surface area is 136 Å². The second-order valence-corrected chi connectivity index (χ2v) is 6.66. The molecule has 2 N–H and O–H groups in total. The van der Waals surface area contributed by atoms with Gasteiger partial charge in [0.05, 0.1) is 38.0 Å². The van der Waals surface area contributed by atoms with E-state index in [1.54, 1.807) is 30.3 Å². The van der Waals surface area contributed by atoms with Crippen LogP contribution in [-0.4, -0.2) is 16.6 Å². The van der Waals surface area contributed by atoms with Crippen molar-refractivity contribution in [1.82, 2.24) is 0 Å². The van der Waals surface area contributed by atoms with Crippen molar-refractivity contribution in [3.05, 3.63) is 52.5 Å². The van der Waals surface area contributed by atoms with E-state index >= 15 is 0 Å². The fourth-order valence-electron chi connectivity index (χ4n) is 1.79. The SMILES string of the molecule is Nc1ccccc1OCCCS(=O)c1c(Cl)cccc1Cl. The molecule has 0 heterocycles. The Morgan fingerprint density at radius 2 is 1.71 bits per heavy atom. The van der Waals surface area contributed by atoms with Crippen molar-refractivity contribution in [3.8, 4) is 5.75 Å². The zero-order valence-electron chi connectivity index (χ0n) is 11.2. The van der Waals surface area contributed by atoms with E-state index in [1.165, 1.54) is 0 Å². The van der Waals surface area contributed by atoms with E-state index in [0.717, 1.165) is 0 Å². The summed E-state index contributed by atoms with van der Waals surface area (Å²) in [6.45, 7) is 0.433. The maximum atomic E-state index is 12.2. The highest BCUT2D eigenvalue weighted by Crippen LogP contribution is 2.28. The maximum absolute atomic E-state index is 12.2. The molecule has 3 nitrogen and oxygen atoms in total. The average molecular weight is 344 g/mol. The van der Waals surface area contributed by atoms with Crippen LogP contribution in [0, 0.1) is 0 Å². The second kappa shape index (κ2) is 7.69. The molecule has 112 valence electrons. The second-order valence-electron chi connectivity index (χ2n) is 4.34. The summed E-state index contributed by atoms with van der Waals surface area (Å²) in [6.07, 6.45) is 0.614. The number of benzene rings is 2. The first-order chi connectivity index (χ1) is 10.1. The molecule has 0 aliphatic carbocycles. The van der Waals surface area contributed by atoms with E-state index in [1.807, 2.05) is 12.1 Å². The molecule has 6 heteroatoms. The third-order valence-electron chi connectivity index (χ3n) is 2.80. The summed E-state index contributed by atoms with van der Waals surface area (Å²) < 4.78 is 17.8. The molecule has 0 fully saturated rings. The molecule has 2 rings (SSSR count). The van der Waals surface area contributed by atoms with E-state index in [0.29, 0.717) is 45.2 Å². The monoisotopic (exact) mass is 343 g/mol. The quantitative estimate of drug-likeness (QED) is 0.633. The minimum atomic E-state index is -1.24. The molecular weight excluding hydrogens is 329 g/mol. The summed E-state index contributed by atoms with van der Waals surface area (Å²) in [5, 5.41) is 0.850. The van der Waals surface area contributed by atoms with Crippen molar-refractivity contribution in [1.29, 1.82) is 0 Å². The average Bonchev–Trinajstić information content (AvgIpc) is 2.45. The number of anilines is 1. The van der Waals surface area contributed by atoms with Crippen molar-refractivity contribution in [3.63, 3.8) is 0 Å². The van der Waals surface area contributed by atoms with Gasteiger partial charge in [0.15, 0.2) is 0 Å². The van der Waals surface area contributed by atoms with Crippen LogP contribution in [0.2, 0.25) is 10.0 Å². The Hall–Kier alpha value is -1.23. The molecular formula is C15H15Cl2NO2S. The lowest BCUT2D eigenvalue weighted by atomic mass is 10.3. The predicted octanol–water partition coefficient (Wildman–Crippen LogP) is 4.15. The first kappa shape index (κ1) is 16.1. The number of hydrogen-bond donors (Lipinski definition) is 1. The molecule has 0 aromatic heterocycles. The zero-order chi connectivity index (χ0) is 15.2. The van der Waals surface area contributed by atoms with Gasteiger partial charge in [0.2, 0.25) is 0 Å². The molecule has 1 unspecified atom stereocenters. The molecule has 0 aliphatic rings. The number of hydrogen-bond acceptors (Lipinski definition) is 3. The topological polar surface area (TPSA) is 52.3 Å². The Morgan fingerprint density at radius 1 is 1.05 bits per heavy atom. The van der Waals surface area contributed by atoms with Crippen LogP contribution in [0.1, 0.15) is 6.42 Å². The summed E-state index contributed by atoms with van der Waals surface area (Å²) >= 11 is 12.1. The highest BCUT2D eigenvalue weighted by molar-refractivity contribution is 7.85. The van der Waals surface area contributed by atoms with Crippen LogP contribution in [0.5, 0.6) is 5.75 Å². The summed E-state index contributed by atoms with van der Waals surface area (Å²) in [4.78, 5) is 0.486. The van der Waals surface area contributed by atoms with Gasteiger partial charge in [-0.2, -0.15) is 0 Å². The molecule has 0 bridgehead atoms. The molecule has 0 saturated heterocycles. The molecule has 0 saturated carbocycles. The number of ether oxygens (including phenoxy) is 1. The Kier molecular flexibility index (Phi) is 5.91. The summed E-state index contributed by atoms with van der Waals surface area (Å²) in [6, 6.07) is 12.4. The Balaban J connectivity index is 1.87. The van der Waals surface area contributed by atoms with Crippen molar-refractivity contribution in [2.24, 2.45) is 0 Å². The van der Waals surface area contributed by atoms with E-state index in [2.05, 4.69) is 0 Å². The molecule has 0 radical (unpaired) electrons. The van der Waals surface area contributed by atoms with Crippen molar-refractivity contribution in [2.75, 3.05) is 18.1 Å². The minimum absolute atomic E-state index is 0.425. The van der Waals surface area contributed by atoms with Crippen LogP contribution in [-0.2, 0) is 10.8 Å². The smallest absolute Gasteiger partial charge is 0.142 e. The molecule has 1 atom stereocenters.